The molecule has 0 fully saturated rings. The van der Waals surface area contributed by atoms with Crippen LogP contribution in [0.3, 0.4) is 0 Å². The first-order valence-electron chi connectivity index (χ1n) is 7.38. The molecule has 122 valence electrons. The van der Waals surface area contributed by atoms with Crippen molar-refractivity contribution >= 4 is 27.6 Å². The Kier molecular flexibility index (Phi) is 5.66. The van der Waals surface area contributed by atoms with Gasteiger partial charge in [0.05, 0.1) is 13.7 Å². The van der Waals surface area contributed by atoms with Crippen LogP contribution in [0, 0.1) is 0 Å². The van der Waals surface area contributed by atoms with Gasteiger partial charge in [-0.1, -0.05) is 48.0 Å². The van der Waals surface area contributed by atoms with Gasteiger partial charge >= 0.3 is 0 Å². The number of hydrogen-bond donors (Lipinski definition) is 2. The Hall–Kier alpha value is -2.01. The topological polar surface area (TPSA) is 59.6 Å². The number of nitrogens with two attached hydrogens (primary N) is 1. The number of nitrogens with zero attached hydrogens (tertiary/aromatic N) is 1. The largest absolute Gasteiger partial charge is 0.497 e. The minimum absolute atomic E-state index is 0.119. The Balaban J connectivity index is 2.04. The number of hydrogen-bond acceptors (Lipinski definition) is 2. The van der Waals surface area contributed by atoms with Gasteiger partial charge in [0, 0.05) is 15.6 Å². The lowest BCUT2D eigenvalue weighted by molar-refractivity contribution is 0.415. The number of aliphatic imine (C=N–C) groups is 1. The molecule has 0 saturated carbocycles. The van der Waals surface area contributed by atoms with Gasteiger partial charge in [0.1, 0.15) is 5.75 Å². The average molecular weight is 376 g/mol. The Labute approximate surface area is 145 Å². The van der Waals surface area contributed by atoms with E-state index in [1.54, 1.807) is 7.11 Å². The molecule has 0 amide bonds. The fourth-order valence-electron chi connectivity index (χ4n) is 2.24. The highest BCUT2D eigenvalue weighted by atomic mass is 79.9. The summed E-state index contributed by atoms with van der Waals surface area (Å²) in [7, 11) is 1.64. The highest BCUT2D eigenvalue weighted by Crippen LogP contribution is 2.30. The van der Waals surface area contributed by atoms with Crippen LogP contribution in [0.1, 0.15) is 19.4 Å². The molecule has 2 rings (SSSR count). The van der Waals surface area contributed by atoms with Gasteiger partial charge < -0.3 is 15.8 Å². The minimum atomic E-state index is -0.119. The summed E-state index contributed by atoms with van der Waals surface area (Å²) in [5, 5.41) is 3.09. The van der Waals surface area contributed by atoms with Crippen LogP contribution in [0.25, 0.3) is 0 Å². The molecule has 2 aromatic carbocycles. The molecular formula is C18H22BrN3O. The van der Waals surface area contributed by atoms with Gasteiger partial charge in [-0.15, -0.1) is 0 Å². The average Bonchev–Trinajstić information content (AvgIpc) is 2.54. The summed E-state index contributed by atoms with van der Waals surface area (Å²) < 4.78 is 6.22. The van der Waals surface area contributed by atoms with Gasteiger partial charge in [0.2, 0.25) is 0 Å². The van der Waals surface area contributed by atoms with Crippen molar-refractivity contribution in [2.24, 2.45) is 10.7 Å². The van der Waals surface area contributed by atoms with Crippen molar-refractivity contribution in [3.05, 3.63) is 58.6 Å². The second-order valence-corrected chi connectivity index (χ2v) is 6.77. The van der Waals surface area contributed by atoms with E-state index in [1.165, 1.54) is 5.56 Å². The molecule has 0 saturated heterocycles. The molecule has 3 N–H and O–H groups in total. The van der Waals surface area contributed by atoms with Crippen LogP contribution < -0.4 is 15.8 Å². The normalized spacial score (nSPS) is 12.1. The third-order valence-electron chi connectivity index (χ3n) is 3.61. The van der Waals surface area contributed by atoms with Crippen molar-refractivity contribution in [1.82, 2.24) is 0 Å². The Morgan fingerprint density at radius 1 is 1.17 bits per heavy atom. The molecule has 0 unspecified atom stereocenters. The summed E-state index contributed by atoms with van der Waals surface area (Å²) in [5.41, 5.74) is 7.97. The molecule has 2 aromatic rings. The van der Waals surface area contributed by atoms with E-state index in [1.807, 2.05) is 42.5 Å². The van der Waals surface area contributed by atoms with Crippen LogP contribution in [0.4, 0.5) is 5.69 Å². The molecule has 0 heterocycles. The van der Waals surface area contributed by atoms with E-state index in [-0.39, 0.29) is 5.41 Å². The molecule has 4 nitrogen and oxygen atoms in total. The van der Waals surface area contributed by atoms with Crippen LogP contribution in [0.2, 0.25) is 0 Å². The maximum atomic E-state index is 6.00. The maximum Gasteiger partial charge on any atom is 0.193 e. The van der Waals surface area contributed by atoms with Crippen molar-refractivity contribution in [3.63, 3.8) is 0 Å². The third-order valence-corrected chi connectivity index (χ3v) is 4.30. The molecule has 0 spiro atoms. The Bertz CT molecular complexity index is 681. The zero-order chi connectivity index (χ0) is 16.9. The first-order valence-corrected chi connectivity index (χ1v) is 8.18. The first-order chi connectivity index (χ1) is 10.9. The molecular weight excluding hydrogens is 354 g/mol. The van der Waals surface area contributed by atoms with Crippen LogP contribution in [0.15, 0.2) is 58.0 Å². The second-order valence-electron chi connectivity index (χ2n) is 5.92. The third kappa shape index (κ3) is 4.73. The molecule has 23 heavy (non-hydrogen) atoms. The predicted molar refractivity (Wildman–Crippen MR) is 100 cm³/mol. The summed E-state index contributed by atoms with van der Waals surface area (Å²) in [6.45, 7) is 4.89. The van der Waals surface area contributed by atoms with E-state index in [0.29, 0.717) is 12.5 Å². The number of benzene rings is 2. The highest BCUT2D eigenvalue weighted by molar-refractivity contribution is 9.10. The number of rotatable bonds is 5. The number of methoxy groups -OCH3 is 1. The molecule has 0 radical (unpaired) electrons. The van der Waals surface area contributed by atoms with Gasteiger partial charge in [-0.2, -0.15) is 0 Å². The summed E-state index contributed by atoms with van der Waals surface area (Å²) >= 11 is 3.60. The minimum Gasteiger partial charge on any atom is -0.497 e. The van der Waals surface area contributed by atoms with Gasteiger partial charge in [0.25, 0.3) is 0 Å². The number of anilines is 1. The maximum absolute atomic E-state index is 6.00. The van der Waals surface area contributed by atoms with Crippen LogP contribution in [-0.4, -0.2) is 19.6 Å². The van der Waals surface area contributed by atoms with Crippen LogP contribution >= 0.6 is 15.9 Å². The van der Waals surface area contributed by atoms with Gasteiger partial charge in [-0.3, -0.25) is 4.99 Å². The number of ether oxygens (including phenoxy) is 1. The molecule has 0 aliphatic heterocycles. The fraction of sp³-hybridized carbons (Fsp3) is 0.278. The quantitative estimate of drug-likeness (QED) is 0.609. The van der Waals surface area contributed by atoms with E-state index >= 15 is 0 Å². The molecule has 0 atom stereocenters. The number of halogens is 1. The van der Waals surface area contributed by atoms with Crippen molar-refractivity contribution in [2.45, 2.75) is 19.3 Å². The lowest BCUT2D eigenvalue weighted by Crippen LogP contribution is -2.28. The summed E-state index contributed by atoms with van der Waals surface area (Å²) in [6, 6.07) is 15.7. The number of guanidine groups is 1. The number of nitrogens with one attached hydrogen (secondary N) is 1. The van der Waals surface area contributed by atoms with Crippen molar-refractivity contribution in [1.29, 1.82) is 0 Å². The first kappa shape index (κ1) is 17.3. The smallest absolute Gasteiger partial charge is 0.193 e. The van der Waals surface area contributed by atoms with Gasteiger partial charge in [-0.25, -0.2) is 0 Å². The fourth-order valence-corrected chi connectivity index (χ4v) is 3.06. The molecule has 0 aliphatic rings. The lowest BCUT2D eigenvalue weighted by Gasteiger charge is -2.24. The van der Waals surface area contributed by atoms with Crippen molar-refractivity contribution in [3.8, 4) is 5.75 Å². The molecule has 0 aliphatic carbocycles. The predicted octanol–water partition coefficient (Wildman–Crippen LogP) is 4.16. The van der Waals surface area contributed by atoms with E-state index in [4.69, 9.17) is 10.5 Å². The van der Waals surface area contributed by atoms with Crippen LogP contribution in [0.5, 0.6) is 5.75 Å². The Morgan fingerprint density at radius 3 is 2.43 bits per heavy atom. The van der Waals surface area contributed by atoms with E-state index in [9.17, 15) is 0 Å². The molecule has 0 aromatic heterocycles. The lowest BCUT2D eigenvalue weighted by atomic mass is 9.85. The monoisotopic (exact) mass is 375 g/mol. The zero-order valence-electron chi connectivity index (χ0n) is 13.6. The van der Waals surface area contributed by atoms with Gasteiger partial charge in [0.15, 0.2) is 5.96 Å². The Morgan fingerprint density at radius 2 is 1.83 bits per heavy atom. The zero-order valence-corrected chi connectivity index (χ0v) is 15.2. The van der Waals surface area contributed by atoms with E-state index in [2.05, 4.69) is 46.2 Å². The molecule has 5 heteroatoms. The summed E-state index contributed by atoms with van der Waals surface area (Å²) in [5.74, 6) is 1.21. The summed E-state index contributed by atoms with van der Waals surface area (Å²) in [6.07, 6.45) is 0. The van der Waals surface area contributed by atoms with Crippen molar-refractivity contribution in [2.75, 3.05) is 19.0 Å². The van der Waals surface area contributed by atoms with E-state index in [0.717, 1.165) is 15.9 Å². The van der Waals surface area contributed by atoms with Crippen molar-refractivity contribution < 1.29 is 4.74 Å². The second kappa shape index (κ2) is 7.51. The SMILES string of the molecule is COc1ccc(NC(N)=NCC(C)(C)c2ccccc2Br)cc1. The van der Waals surface area contributed by atoms with Crippen LogP contribution in [-0.2, 0) is 5.41 Å². The highest BCUT2D eigenvalue weighted by Gasteiger charge is 2.22. The van der Waals surface area contributed by atoms with E-state index < -0.39 is 0 Å². The standard InChI is InChI=1S/C18H22BrN3O/c1-18(2,15-6-4-5-7-16(15)19)12-21-17(20)22-13-8-10-14(23-3)11-9-13/h4-11H,12H2,1-3H3,(H3,20,21,22). The summed E-state index contributed by atoms with van der Waals surface area (Å²) in [4.78, 5) is 4.48. The molecule has 0 bridgehead atoms. The van der Waals surface area contributed by atoms with Gasteiger partial charge in [-0.05, 0) is 35.9 Å².